The fourth-order valence-electron chi connectivity index (χ4n) is 4.30. The van der Waals surface area contributed by atoms with Crippen molar-refractivity contribution in [1.82, 2.24) is 9.47 Å². The highest BCUT2D eigenvalue weighted by Crippen LogP contribution is 2.38. The first kappa shape index (κ1) is 20.2. The van der Waals surface area contributed by atoms with Crippen LogP contribution in [0.1, 0.15) is 22.9 Å². The van der Waals surface area contributed by atoms with Crippen molar-refractivity contribution in [2.24, 2.45) is 0 Å². The van der Waals surface area contributed by atoms with Gasteiger partial charge in [-0.1, -0.05) is 54.1 Å². The zero-order valence-electron chi connectivity index (χ0n) is 17.5. The number of hydrogen-bond donors (Lipinski definition) is 1. The Balaban J connectivity index is 1.64. The van der Waals surface area contributed by atoms with Gasteiger partial charge in [0, 0.05) is 16.9 Å². The summed E-state index contributed by atoms with van der Waals surface area (Å²) in [4.78, 5) is 15.6. The van der Waals surface area contributed by atoms with Crippen LogP contribution < -0.4 is 10.1 Å². The lowest BCUT2D eigenvalue weighted by Crippen LogP contribution is -2.38. The van der Waals surface area contributed by atoms with Gasteiger partial charge in [0.25, 0.3) is 0 Å². The molecule has 1 aliphatic rings. The molecule has 2 heterocycles. The van der Waals surface area contributed by atoms with Crippen molar-refractivity contribution in [3.05, 3.63) is 113 Å². The summed E-state index contributed by atoms with van der Waals surface area (Å²) in [5.41, 5.74) is 4.68. The Labute approximate surface area is 191 Å². The Bertz CT molecular complexity index is 1280. The maximum atomic E-state index is 13.7. The third kappa shape index (κ3) is 3.61. The van der Waals surface area contributed by atoms with Crippen molar-refractivity contribution in [2.75, 3.05) is 12.4 Å². The van der Waals surface area contributed by atoms with E-state index in [0.717, 1.165) is 22.5 Å². The van der Waals surface area contributed by atoms with E-state index < -0.39 is 0 Å². The number of halogens is 1. The van der Waals surface area contributed by atoms with Crippen LogP contribution >= 0.6 is 11.6 Å². The number of benzene rings is 3. The molecule has 6 heteroatoms. The lowest BCUT2D eigenvalue weighted by molar-refractivity contribution is 0.194. The minimum Gasteiger partial charge on any atom is -0.495 e. The summed E-state index contributed by atoms with van der Waals surface area (Å²) < 4.78 is 7.58. The zero-order chi connectivity index (χ0) is 22.1. The number of carbonyl (C=O) groups excluding carboxylic acids is 1. The van der Waals surface area contributed by atoms with Gasteiger partial charge in [0.2, 0.25) is 0 Å². The van der Waals surface area contributed by atoms with E-state index in [1.165, 1.54) is 0 Å². The second-order valence-electron chi connectivity index (χ2n) is 7.65. The van der Waals surface area contributed by atoms with Crippen molar-refractivity contribution in [3.63, 3.8) is 0 Å². The summed E-state index contributed by atoms with van der Waals surface area (Å²) in [6, 6.07) is 26.7. The number of fused-ring (bicyclic) bond motifs is 3. The molecule has 1 N–H and O–H groups in total. The summed E-state index contributed by atoms with van der Waals surface area (Å²) in [5.74, 6) is 0.610. The second kappa shape index (κ2) is 8.44. The number of carbonyl (C=O) groups is 1. The molecule has 3 aromatic carbocycles. The van der Waals surface area contributed by atoms with Gasteiger partial charge in [-0.3, -0.25) is 0 Å². The van der Waals surface area contributed by atoms with Crippen molar-refractivity contribution in [2.45, 2.75) is 12.6 Å². The molecule has 0 saturated heterocycles. The molecule has 0 saturated carbocycles. The lowest BCUT2D eigenvalue weighted by atomic mass is 10.0. The molecule has 0 bridgehead atoms. The Morgan fingerprint density at radius 3 is 2.66 bits per heavy atom. The summed E-state index contributed by atoms with van der Waals surface area (Å²) in [7, 11) is 1.59. The van der Waals surface area contributed by atoms with Crippen molar-refractivity contribution < 1.29 is 9.53 Å². The molecule has 1 aliphatic heterocycles. The minimum absolute atomic E-state index is 0.219. The van der Waals surface area contributed by atoms with E-state index in [-0.39, 0.29) is 12.1 Å². The first-order valence-corrected chi connectivity index (χ1v) is 10.7. The predicted octanol–water partition coefficient (Wildman–Crippen LogP) is 6.28. The third-order valence-corrected chi connectivity index (χ3v) is 5.97. The van der Waals surface area contributed by atoms with Crippen LogP contribution in [-0.2, 0) is 6.54 Å². The number of rotatable bonds is 3. The van der Waals surface area contributed by atoms with Crippen molar-refractivity contribution in [1.29, 1.82) is 0 Å². The highest BCUT2D eigenvalue weighted by molar-refractivity contribution is 6.30. The molecular formula is C26H22ClN3O2. The number of hydrogen-bond acceptors (Lipinski definition) is 2. The standard InChI is InChI=1S/C26H22ClN3O2/c1-32-24-14-5-3-11-21(24)28-26(31)30-17-19-8-2-4-12-22(19)29-15-7-13-23(29)25(30)18-9-6-10-20(27)16-18/h2-16,25H,17H2,1H3,(H,28,31)/t25-/m0/s1. The van der Waals surface area contributed by atoms with Crippen LogP contribution in [0.3, 0.4) is 0 Å². The molecule has 0 aliphatic carbocycles. The van der Waals surface area contributed by atoms with Gasteiger partial charge < -0.3 is 19.5 Å². The number of urea groups is 1. The molecule has 160 valence electrons. The van der Waals surface area contributed by atoms with Crippen LogP contribution in [-0.4, -0.2) is 22.6 Å². The number of nitrogens with one attached hydrogen (secondary N) is 1. The monoisotopic (exact) mass is 443 g/mol. The van der Waals surface area contributed by atoms with Gasteiger partial charge in [0.15, 0.2) is 0 Å². The first-order valence-electron chi connectivity index (χ1n) is 10.4. The normalized spacial score (nSPS) is 14.8. The van der Waals surface area contributed by atoms with Crippen LogP contribution in [0.15, 0.2) is 91.1 Å². The number of ether oxygens (including phenoxy) is 1. The number of nitrogens with zero attached hydrogens (tertiary/aromatic N) is 2. The number of aromatic nitrogens is 1. The van der Waals surface area contributed by atoms with E-state index >= 15 is 0 Å². The highest BCUT2D eigenvalue weighted by atomic mass is 35.5. The van der Waals surface area contributed by atoms with E-state index in [2.05, 4.69) is 28.1 Å². The van der Waals surface area contributed by atoms with Gasteiger partial charge in [-0.2, -0.15) is 0 Å². The minimum atomic E-state index is -0.328. The topological polar surface area (TPSA) is 46.5 Å². The number of methoxy groups -OCH3 is 1. The van der Waals surface area contributed by atoms with Crippen LogP contribution in [0.2, 0.25) is 5.02 Å². The molecule has 2 amide bonds. The molecule has 1 atom stereocenters. The van der Waals surface area contributed by atoms with Crippen molar-refractivity contribution >= 4 is 23.3 Å². The molecule has 0 fully saturated rings. The summed E-state index contributed by atoms with van der Waals surface area (Å²) in [6.45, 7) is 0.440. The smallest absolute Gasteiger partial charge is 0.323 e. The Hall–Kier alpha value is -3.70. The van der Waals surface area contributed by atoms with Gasteiger partial charge in [-0.05, 0) is 53.6 Å². The molecule has 5 rings (SSSR count). The highest BCUT2D eigenvalue weighted by Gasteiger charge is 2.33. The molecule has 0 unspecified atom stereocenters. The second-order valence-corrected chi connectivity index (χ2v) is 8.08. The van der Waals surface area contributed by atoms with Gasteiger partial charge >= 0.3 is 6.03 Å². The van der Waals surface area contributed by atoms with E-state index in [1.807, 2.05) is 77.8 Å². The quantitative estimate of drug-likeness (QED) is 0.405. The van der Waals surface area contributed by atoms with Gasteiger partial charge in [0.05, 0.1) is 31.1 Å². The molecule has 5 nitrogen and oxygen atoms in total. The maximum absolute atomic E-state index is 13.7. The molecule has 1 aromatic heterocycles. The zero-order valence-corrected chi connectivity index (χ0v) is 18.3. The van der Waals surface area contributed by atoms with Gasteiger partial charge in [-0.25, -0.2) is 4.79 Å². The molecule has 32 heavy (non-hydrogen) atoms. The Morgan fingerprint density at radius 2 is 1.81 bits per heavy atom. The van der Waals surface area contributed by atoms with E-state index in [9.17, 15) is 4.79 Å². The predicted molar refractivity (Wildman–Crippen MR) is 127 cm³/mol. The molecular weight excluding hydrogens is 422 g/mol. The fraction of sp³-hybridized carbons (Fsp3) is 0.115. The average molecular weight is 444 g/mol. The van der Waals surface area contributed by atoms with Crippen LogP contribution in [0.25, 0.3) is 5.69 Å². The number of para-hydroxylation sites is 3. The first-order chi connectivity index (χ1) is 15.7. The molecule has 0 radical (unpaired) electrons. The van der Waals surface area contributed by atoms with Gasteiger partial charge in [0.1, 0.15) is 5.75 Å². The summed E-state index contributed by atoms with van der Waals surface area (Å²) in [5, 5.41) is 3.68. The van der Waals surface area contributed by atoms with Crippen LogP contribution in [0, 0.1) is 0 Å². The Kier molecular flexibility index (Phi) is 5.33. The fourth-order valence-corrected chi connectivity index (χ4v) is 4.50. The maximum Gasteiger partial charge on any atom is 0.323 e. The van der Waals surface area contributed by atoms with Crippen LogP contribution in [0.5, 0.6) is 5.75 Å². The molecule has 4 aromatic rings. The number of anilines is 1. The van der Waals surface area contributed by atoms with E-state index in [4.69, 9.17) is 16.3 Å². The SMILES string of the molecule is COc1ccccc1NC(=O)N1Cc2ccccc2-n2cccc2[C@@H]1c1cccc(Cl)c1. The van der Waals surface area contributed by atoms with Gasteiger partial charge in [-0.15, -0.1) is 0 Å². The summed E-state index contributed by atoms with van der Waals surface area (Å²) >= 11 is 6.35. The molecule has 0 spiro atoms. The number of amides is 2. The Morgan fingerprint density at radius 1 is 1.00 bits per heavy atom. The average Bonchev–Trinajstić information content (AvgIpc) is 3.23. The van der Waals surface area contributed by atoms with E-state index in [1.54, 1.807) is 7.11 Å². The van der Waals surface area contributed by atoms with Crippen LogP contribution in [0.4, 0.5) is 10.5 Å². The van der Waals surface area contributed by atoms with E-state index in [0.29, 0.717) is 23.0 Å². The van der Waals surface area contributed by atoms with Crippen molar-refractivity contribution in [3.8, 4) is 11.4 Å². The largest absolute Gasteiger partial charge is 0.495 e. The third-order valence-electron chi connectivity index (χ3n) is 5.74. The summed E-state index contributed by atoms with van der Waals surface area (Å²) in [6.07, 6.45) is 2.04. The lowest BCUT2D eigenvalue weighted by Gasteiger charge is -2.31.